The molecule has 0 aromatic carbocycles. The van der Waals surface area contributed by atoms with Crippen molar-refractivity contribution in [2.45, 2.75) is 58.7 Å². The minimum Gasteiger partial charge on any atom is -0.378 e. The number of hydrogen-bond donors (Lipinski definition) is 2. The second-order valence-corrected chi connectivity index (χ2v) is 6.26. The highest BCUT2D eigenvalue weighted by atomic mass is 16.5. The molecule has 2 rings (SSSR count). The third kappa shape index (κ3) is 3.68. The molecule has 0 amide bonds. The fourth-order valence-electron chi connectivity index (χ4n) is 3.69. The fraction of sp³-hybridized carbons (Fsp3) is 0.765. The number of nitrogens with zero attached hydrogens (tertiary/aromatic N) is 3. The lowest BCUT2D eigenvalue weighted by Gasteiger charge is -2.55. The molecular weight excluding hydrogens is 290 g/mol. The Kier molecular flexibility index (Phi) is 6.04. The molecule has 1 heterocycles. The van der Waals surface area contributed by atoms with Crippen molar-refractivity contribution in [2.24, 2.45) is 17.5 Å². The second-order valence-electron chi connectivity index (χ2n) is 6.26. The van der Waals surface area contributed by atoms with E-state index >= 15 is 0 Å². The maximum atomic E-state index is 5.94. The van der Waals surface area contributed by atoms with E-state index in [0.717, 1.165) is 43.9 Å². The lowest BCUT2D eigenvalue weighted by molar-refractivity contribution is -0.133. The van der Waals surface area contributed by atoms with Gasteiger partial charge in [-0.05, 0) is 26.2 Å². The van der Waals surface area contributed by atoms with E-state index in [0.29, 0.717) is 12.1 Å². The number of aliphatic imine (C=N–C) groups is 1. The summed E-state index contributed by atoms with van der Waals surface area (Å²) in [5, 5.41) is 11.2. The van der Waals surface area contributed by atoms with Gasteiger partial charge in [0.15, 0.2) is 5.96 Å². The topological polar surface area (TPSA) is 63.5 Å². The highest BCUT2D eigenvalue weighted by Gasteiger charge is 2.53. The van der Waals surface area contributed by atoms with Gasteiger partial charge in [0.2, 0.25) is 0 Å². The van der Waals surface area contributed by atoms with Crippen LogP contribution in [0, 0.1) is 5.41 Å². The summed E-state index contributed by atoms with van der Waals surface area (Å²) in [5.74, 6) is 0.847. The lowest BCUT2D eigenvalue weighted by Crippen LogP contribution is -2.65. The Morgan fingerprint density at radius 3 is 2.70 bits per heavy atom. The Morgan fingerprint density at radius 1 is 1.43 bits per heavy atom. The molecule has 0 saturated heterocycles. The summed E-state index contributed by atoms with van der Waals surface area (Å²) in [5.41, 5.74) is 1.36. The Balaban J connectivity index is 1.93. The van der Waals surface area contributed by atoms with Gasteiger partial charge in [-0.3, -0.25) is 9.67 Å². The molecule has 0 spiro atoms. The predicted molar refractivity (Wildman–Crippen MR) is 93.4 cm³/mol. The van der Waals surface area contributed by atoms with E-state index in [-0.39, 0.29) is 5.41 Å². The third-order valence-corrected chi connectivity index (χ3v) is 5.22. The van der Waals surface area contributed by atoms with E-state index in [1.807, 2.05) is 31.2 Å². The Hall–Kier alpha value is -1.56. The summed E-state index contributed by atoms with van der Waals surface area (Å²) in [7, 11) is 3.74. The first-order chi connectivity index (χ1) is 11.1. The van der Waals surface area contributed by atoms with E-state index in [1.165, 1.54) is 0 Å². The van der Waals surface area contributed by atoms with E-state index in [1.54, 1.807) is 0 Å². The number of nitrogens with one attached hydrogen (secondary N) is 2. The normalized spacial score (nSPS) is 23.4. The zero-order valence-corrected chi connectivity index (χ0v) is 15.1. The maximum absolute atomic E-state index is 5.94. The van der Waals surface area contributed by atoms with Crippen molar-refractivity contribution in [3.05, 3.63) is 18.0 Å². The largest absolute Gasteiger partial charge is 0.378 e. The first kappa shape index (κ1) is 17.8. The van der Waals surface area contributed by atoms with Crippen molar-refractivity contribution in [3.8, 4) is 0 Å². The molecule has 2 unspecified atom stereocenters. The predicted octanol–water partition coefficient (Wildman–Crippen LogP) is 2.07. The number of guanidine groups is 1. The van der Waals surface area contributed by atoms with Crippen LogP contribution in [0.2, 0.25) is 0 Å². The molecule has 23 heavy (non-hydrogen) atoms. The van der Waals surface area contributed by atoms with E-state index in [4.69, 9.17) is 4.74 Å². The van der Waals surface area contributed by atoms with Crippen LogP contribution in [0.15, 0.2) is 17.4 Å². The molecule has 0 radical (unpaired) electrons. The first-order valence-corrected chi connectivity index (χ1v) is 8.65. The highest BCUT2D eigenvalue weighted by Crippen LogP contribution is 2.48. The standard InChI is InChI=1S/C17H31N5O/c1-6-17(7-2)14(9-15(17)23-8-3)21-16(18-4)19-10-13-11-20-22(5)12-13/h11-12,14-15H,6-10H2,1-5H3,(H2,18,19,21). The van der Waals surface area contributed by atoms with Gasteiger partial charge >= 0.3 is 0 Å². The molecule has 1 aromatic rings. The number of rotatable bonds is 7. The Bertz CT molecular complexity index is 521. The van der Waals surface area contributed by atoms with E-state index < -0.39 is 0 Å². The van der Waals surface area contributed by atoms with Gasteiger partial charge in [-0.15, -0.1) is 0 Å². The van der Waals surface area contributed by atoms with Crippen molar-refractivity contribution in [3.63, 3.8) is 0 Å². The van der Waals surface area contributed by atoms with E-state index in [9.17, 15) is 0 Å². The number of ether oxygens (including phenoxy) is 1. The molecule has 6 nitrogen and oxygen atoms in total. The van der Waals surface area contributed by atoms with Crippen LogP contribution in [-0.4, -0.2) is 41.5 Å². The summed E-state index contributed by atoms with van der Waals surface area (Å²) in [4.78, 5) is 4.36. The number of aryl methyl sites for hydroxylation is 1. The molecule has 1 fully saturated rings. The summed E-state index contributed by atoms with van der Waals surface area (Å²) in [6.07, 6.45) is 7.52. The molecule has 1 aliphatic carbocycles. The lowest BCUT2D eigenvalue weighted by atomic mass is 9.58. The number of aromatic nitrogens is 2. The van der Waals surface area contributed by atoms with Crippen LogP contribution in [-0.2, 0) is 18.3 Å². The van der Waals surface area contributed by atoms with Crippen LogP contribution in [0.25, 0.3) is 0 Å². The van der Waals surface area contributed by atoms with Gasteiger partial charge < -0.3 is 15.4 Å². The molecule has 1 saturated carbocycles. The van der Waals surface area contributed by atoms with Gasteiger partial charge in [0.1, 0.15) is 0 Å². The first-order valence-electron chi connectivity index (χ1n) is 8.65. The van der Waals surface area contributed by atoms with Crippen molar-refractivity contribution in [1.82, 2.24) is 20.4 Å². The summed E-state index contributed by atoms with van der Waals surface area (Å²) in [6, 6.07) is 0.411. The minimum absolute atomic E-state index is 0.210. The monoisotopic (exact) mass is 321 g/mol. The van der Waals surface area contributed by atoms with Crippen LogP contribution in [0.1, 0.15) is 45.6 Å². The van der Waals surface area contributed by atoms with Crippen molar-refractivity contribution in [2.75, 3.05) is 13.7 Å². The molecule has 0 aliphatic heterocycles. The van der Waals surface area contributed by atoms with Crippen molar-refractivity contribution >= 4 is 5.96 Å². The summed E-state index contributed by atoms with van der Waals surface area (Å²) >= 11 is 0. The van der Waals surface area contributed by atoms with Gasteiger partial charge in [0.25, 0.3) is 0 Å². The van der Waals surface area contributed by atoms with Crippen LogP contribution >= 0.6 is 0 Å². The maximum Gasteiger partial charge on any atom is 0.191 e. The second kappa shape index (κ2) is 7.81. The van der Waals surface area contributed by atoms with Gasteiger partial charge in [-0.1, -0.05) is 13.8 Å². The van der Waals surface area contributed by atoms with Crippen molar-refractivity contribution in [1.29, 1.82) is 0 Å². The average Bonchev–Trinajstić information content (AvgIpc) is 2.96. The van der Waals surface area contributed by atoms with Gasteiger partial charge in [0.05, 0.1) is 12.3 Å². The minimum atomic E-state index is 0.210. The quantitative estimate of drug-likeness (QED) is 0.596. The zero-order chi connectivity index (χ0) is 16.9. The van der Waals surface area contributed by atoms with Crippen LogP contribution < -0.4 is 10.6 Å². The van der Waals surface area contributed by atoms with E-state index in [2.05, 4.69) is 41.5 Å². The van der Waals surface area contributed by atoms with Gasteiger partial charge in [-0.25, -0.2) is 0 Å². The smallest absolute Gasteiger partial charge is 0.191 e. The van der Waals surface area contributed by atoms with Gasteiger partial charge in [0, 0.05) is 50.5 Å². The fourth-order valence-corrected chi connectivity index (χ4v) is 3.69. The third-order valence-electron chi connectivity index (χ3n) is 5.22. The summed E-state index contributed by atoms with van der Waals surface area (Å²) in [6.45, 7) is 8.10. The van der Waals surface area contributed by atoms with Crippen LogP contribution in [0.4, 0.5) is 0 Å². The highest BCUT2D eigenvalue weighted by molar-refractivity contribution is 5.80. The molecule has 1 aliphatic rings. The Morgan fingerprint density at radius 2 is 2.17 bits per heavy atom. The molecule has 1 aromatic heterocycles. The molecule has 0 bridgehead atoms. The van der Waals surface area contributed by atoms with Crippen molar-refractivity contribution < 1.29 is 4.74 Å². The molecule has 130 valence electrons. The number of hydrogen-bond acceptors (Lipinski definition) is 3. The Labute approximate surface area is 139 Å². The molecular formula is C17H31N5O. The average molecular weight is 321 g/mol. The SMILES string of the molecule is CCOC1CC(NC(=NC)NCc2cnn(C)c2)C1(CC)CC. The van der Waals surface area contributed by atoms with Crippen LogP contribution in [0.3, 0.4) is 0 Å². The molecule has 6 heteroatoms. The summed E-state index contributed by atoms with van der Waals surface area (Å²) < 4.78 is 7.75. The van der Waals surface area contributed by atoms with Gasteiger partial charge in [-0.2, -0.15) is 5.10 Å². The zero-order valence-electron chi connectivity index (χ0n) is 15.1. The molecule has 2 atom stereocenters. The molecule has 2 N–H and O–H groups in total. The van der Waals surface area contributed by atoms with Crippen LogP contribution in [0.5, 0.6) is 0 Å².